The summed E-state index contributed by atoms with van der Waals surface area (Å²) in [7, 11) is 0. The van der Waals surface area contributed by atoms with Gasteiger partial charge in [0.25, 0.3) is 0 Å². The van der Waals surface area contributed by atoms with E-state index in [1.54, 1.807) is 0 Å². The Bertz CT molecular complexity index is 254. The van der Waals surface area contributed by atoms with Crippen molar-refractivity contribution in [1.82, 2.24) is 5.32 Å². The number of ketones is 1. The fourth-order valence-corrected chi connectivity index (χ4v) is 2.27. The van der Waals surface area contributed by atoms with Gasteiger partial charge in [0.05, 0.1) is 6.42 Å². The third-order valence-corrected chi connectivity index (χ3v) is 3.48. The van der Waals surface area contributed by atoms with Crippen LogP contribution in [0.15, 0.2) is 0 Å². The van der Waals surface area contributed by atoms with Gasteiger partial charge in [-0.25, -0.2) is 0 Å². The van der Waals surface area contributed by atoms with Gasteiger partial charge in [-0.3, -0.25) is 4.79 Å². The maximum Gasteiger partial charge on any atom is 0.389 e. The lowest BCUT2D eigenvalue weighted by Gasteiger charge is -2.31. The van der Waals surface area contributed by atoms with Crippen molar-refractivity contribution in [3.8, 4) is 0 Å². The number of hydrogen-bond acceptors (Lipinski definition) is 2. The second-order valence-electron chi connectivity index (χ2n) is 4.78. The number of Topliss-reactive ketones (excluding diaryl/α,β-unsaturated/α-hetero) is 1. The van der Waals surface area contributed by atoms with Crippen LogP contribution in [0.1, 0.15) is 33.1 Å². The van der Waals surface area contributed by atoms with Crippen molar-refractivity contribution in [3.05, 3.63) is 0 Å². The van der Waals surface area contributed by atoms with Crippen molar-refractivity contribution in [2.24, 2.45) is 11.3 Å². The molecule has 1 heterocycles. The molecular formula is C11H18F3NO. The zero-order valence-corrected chi connectivity index (χ0v) is 9.66. The largest absolute Gasteiger partial charge is 0.389 e. The number of nitrogens with one attached hydrogen (secondary N) is 1. The summed E-state index contributed by atoms with van der Waals surface area (Å²) in [4.78, 5) is 11.9. The van der Waals surface area contributed by atoms with Gasteiger partial charge in [-0.2, -0.15) is 13.2 Å². The molecule has 0 saturated carbocycles. The quantitative estimate of drug-likeness (QED) is 0.814. The lowest BCUT2D eigenvalue weighted by molar-refractivity contribution is -0.148. The van der Waals surface area contributed by atoms with Gasteiger partial charge in [-0.15, -0.1) is 0 Å². The van der Waals surface area contributed by atoms with E-state index < -0.39 is 18.0 Å². The SMILES string of the molecule is CC(C)C1(C(=O)CCC(F)(F)F)CCNC1. The Balaban J connectivity index is 2.63. The van der Waals surface area contributed by atoms with Gasteiger partial charge in [0.2, 0.25) is 0 Å². The molecule has 0 bridgehead atoms. The molecule has 0 amide bonds. The Labute approximate surface area is 93.6 Å². The Kier molecular flexibility index (Phi) is 3.99. The van der Waals surface area contributed by atoms with E-state index >= 15 is 0 Å². The molecule has 2 nitrogen and oxygen atoms in total. The van der Waals surface area contributed by atoms with Crippen LogP contribution in [0.4, 0.5) is 13.2 Å². The van der Waals surface area contributed by atoms with Gasteiger partial charge < -0.3 is 5.32 Å². The van der Waals surface area contributed by atoms with Crippen LogP contribution in [0.3, 0.4) is 0 Å². The van der Waals surface area contributed by atoms with E-state index in [-0.39, 0.29) is 18.1 Å². The summed E-state index contributed by atoms with van der Waals surface area (Å²) in [5.41, 5.74) is -0.578. The minimum Gasteiger partial charge on any atom is -0.316 e. The van der Waals surface area contributed by atoms with Crippen molar-refractivity contribution in [1.29, 1.82) is 0 Å². The van der Waals surface area contributed by atoms with Crippen LogP contribution in [0.2, 0.25) is 0 Å². The Morgan fingerprint density at radius 1 is 1.44 bits per heavy atom. The van der Waals surface area contributed by atoms with Gasteiger partial charge in [0.1, 0.15) is 5.78 Å². The molecule has 1 fully saturated rings. The van der Waals surface area contributed by atoms with E-state index in [9.17, 15) is 18.0 Å². The van der Waals surface area contributed by atoms with E-state index in [1.165, 1.54) is 0 Å². The zero-order valence-electron chi connectivity index (χ0n) is 9.66. The molecule has 16 heavy (non-hydrogen) atoms. The molecular weight excluding hydrogens is 219 g/mol. The lowest BCUT2D eigenvalue weighted by Crippen LogP contribution is -2.38. The molecule has 1 atom stereocenters. The minimum atomic E-state index is -4.24. The number of halogens is 3. The molecule has 0 radical (unpaired) electrons. The first-order valence-electron chi connectivity index (χ1n) is 5.59. The van der Waals surface area contributed by atoms with E-state index in [0.717, 1.165) is 6.54 Å². The van der Waals surface area contributed by atoms with Gasteiger partial charge in [0, 0.05) is 18.4 Å². The van der Waals surface area contributed by atoms with Gasteiger partial charge in [-0.05, 0) is 18.9 Å². The highest BCUT2D eigenvalue weighted by molar-refractivity contribution is 5.85. The topological polar surface area (TPSA) is 29.1 Å². The van der Waals surface area contributed by atoms with Crippen LogP contribution in [0, 0.1) is 11.3 Å². The van der Waals surface area contributed by atoms with Gasteiger partial charge >= 0.3 is 6.18 Å². The molecule has 5 heteroatoms. The highest BCUT2D eigenvalue weighted by Crippen LogP contribution is 2.37. The van der Waals surface area contributed by atoms with Crippen LogP contribution in [-0.2, 0) is 4.79 Å². The first-order valence-corrected chi connectivity index (χ1v) is 5.59. The summed E-state index contributed by atoms with van der Waals surface area (Å²) in [5, 5.41) is 3.07. The van der Waals surface area contributed by atoms with E-state index in [0.29, 0.717) is 13.0 Å². The highest BCUT2D eigenvalue weighted by atomic mass is 19.4. The zero-order chi connectivity index (χ0) is 12.4. The molecule has 0 spiro atoms. The highest BCUT2D eigenvalue weighted by Gasteiger charge is 2.44. The van der Waals surface area contributed by atoms with E-state index in [4.69, 9.17) is 0 Å². The summed E-state index contributed by atoms with van der Waals surface area (Å²) >= 11 is 0. The fraction of sp³-hybridized carbons (Fsp3) is 0.909. The Morgan fingerprint density at radius 3 is 2.44 bits per heavy atom. The molecule has 1 N–H and O–H groups in total. The summed E-state index contributed by atoms with van der Waals surface area (Å²) < 4.78 is 36.2. The van der Waals surface area contributed by atoms with Crippen LogP contribution in [0.25, 0.3) is 0 Å². The van der Waals surface area contributed by atoms with E-state index in [1.807, 2.05) is 13.8 Å². The van der Waals surface area contributed by atoms with Crippen LogP contribution in [0.5, 0.6) is 0 Å². The lowest BCUT2D eigenvalue weighted by atomic mass is 9.72. The smallest absolute Gasteiger partial charge is 0.316 e. The summed E-state index contributed by atoms with van der Waals surface area (Å²) in [6.07, 6.45) is -4.97. The molecule has 94 valence electrons. The summed E-state index contributed by atoms with van der Waals surface area (Å²) in [6.45, 7) is 5.04. The monoisotopic (exact) mass is 237 g/mol. The molecule has 1 saturated heterocycles. The molecule has 0 aromatic rings. The summed E-state index contributed by atoms with van der Waals surface area (Å²) in [5.74, 6) is -0.159. The molecule has 1 rings (SSSR count). The number of hydrogen-bond donors (Lipinski definition) is 1. The first kappa shape index (κ1) is 13.5. The minimum absolute atomic E-state index is 0.0863. The maximum absolute atomic E-state index is 12.1. The van der Waals surface area contributed by atoms with Gasteiger partial charge in [0.15, 0.2) is 0 Å². The Morgan fingerprint density at radius 2 is 2.06 bits per heavy atom. The van der Waals surface area contributed by atoms with Crippen molar-refractivity contribution in [2.75, 3.05) is 13.1 Å². The molecule has 1 aliphatic heterocycles. The predicted octanol–water partition coefficient (Wildman–Crippen LogP) is 2.53. The first-order chi connectivity index (χ1) is 7.28. The molecule has 0 aliphatic carbocycles. The van der Waals surface area contributed by atoms with Crippen molar-refractivity contribution >= 4 is 5.78 Å². The number of carbonyl (C=O) groups is 1. The summed E-state index contributed by atoms with van der Waals surface area (Å²) in [6, 6.07) is 0. The van der Waals surface area contributed by atoms with E-state index in [2.05, 4.69) is 5.32 Å². The third-order valence-electron chi connectivity index (χ3n) is 3.48. The predicted molar refractivity (Wildman–Crippen MR) is 55.1 cm³/mol. The average Bonchev–Trinajstić information content (AvgIpc) is 2.62. The van der Waals surface area contributed by atoms with Crippen molar-refractivity contribution < 1.29 is 18.0 Å². The third kappa shape index (κ3) is 2.97. The fourth-order valence-electron chi connectivity index (χ4n) is 2.27. The number of rotatable bonds is 4. The molecule has 1 unspecified atom stereocenters. The standard InChI is InChI=1S/C11H18F3NO/c1-8(2)10(5-6-15-7-10)9(16)3-4-11(12,13)14/h8,15H,3-7H2,1-2H3. The van der Waals surface area contributed by atoms with Crippen LogP contribution < -0.4 is 5.32 Å². The number of alkyl halides is 3. The second kappa shape index (κ2) is 4.73. The number of carbonyl (C=O) groups excluding carboxylic acids is 1. The maximum atomic E-state index is 12.1. The normalized spacial score (nSPS) is 26.4. The Hall–Kier alpha value is -0.580. The second-order valence-corrected chi connectivity index (χ2v) is 4.78. The van der Waals surface area contributed by atoms with Crippen LogP contribution in [-0.4, -0.2) is 25.0 Å². The molecule has 1 aliphatic rings. The molecule has 0 aromatic heterocycles. The van der Waals surface area contributed by atoms with Crippen molar-refractivity contribution in [2.45, 2.75) is 39.3 Å². The average molecular weight is 237 g/mol. The van der Waals surface area contributed by atoms with Gasteiger partial charge in [-0.1, -0.05) is 13.8 Å². The van der Waals surface area contributed by atoms with Crippen LogP contribution >= 0.6 is 0 Å². The van der Waals surface area contributed by atoms with Crippen molar-refractivity contribution in [3.63, 3.8) is 0 Å². The molecule has 0 aromatic carbocycles.